The van der Waals surface area contributed by atoms with E-state index in [1.165, 1.54) is 0 Å². The van der Waals surface area contributed by atoms with Gasteiger partial charge in [-0.1, -0.05) is 18.2 Å². The maximum atomic E-state index is 11.6. The van der Waals surface area contributed by atoms with Crippen LogP contribution in [0.2, 0.25) is 0 Å². The molecule has 5 heteroatoms. The summed E-state index contributed by atoms with van der Waals surface area (Å²) in [6.07, 6.45) is 1.92. The molecule has 1 N–H and O–H groups in total. The van der Waals surface area contributed by atoms with Crippen LogP contribution in [0.3, 0.4) is 0 Å². The van der Waals surface area contributed by atoms with E-state index in [1.807, 2.05) is 54.2 Å². The number of likely N-dealkylation sites (N-methyl/N-ethyl adjacent to an activating group) is 1. The number of hydrogen-bond donors (Lipinski definition) is 1. The lowest BCUT2D eigenvalue weighted by atomic mass is 10.3. The van der Waals surface area contributed by atoms with Crippen molar-refractivity contribution in [1.82, 2.24) is 20.0 Å². The van der Waals surface area contributed by atoms with Crippen LogP contribution >= 0.6 is 0 Å². The van der Waals surface area contributed by atoms with E-state index < -0.39 is 0 Å². The fourth-order valence-corrected chi connectivity index (χ4v) is 1.79. The lowest BCUT2D eigenvalue weighted by Gasteiger charge is -2.14. The summed E-state index contributed by atoms with van der Waals surface area (Å²) >= 11 is 0. The molecule has 0 radical (unpaired) electrons. The predicted molar refractivity (Wildman–Crippen MR) is 78.6 cm³/mol. The lowest BCUT2D eigenvalue weighted by molar-refractivity contribution is -0.128. The van der Waals surface area contributed by atoms with Gasteiger partial charge in [-0.3, -0.25) is 4.79 Å². The average molecular weight is 272 g/mol. The monoisotopic (exact) mass is 272 g/mol. The first-order valence-corrected chi connectivity index (χ1v) is 6.75. The van der Waals surface area contributed by atoms with Gasteiger partial charge in [-0.05, 0) is 25.1 Å². The predicted octanol–water partition coefficient (Wildman–Crippen LogP) is 1.44. The lowest BCUT2D eigenvalue weighted by Crippen LogP contribution is -2.35. The minimum atomic E-state index is 0.0926. The molecule has 0 aliphatic rings. The molecule has 0 spiro atoms. The van der Waals surface area contributed by atoms with E-state index in [-0.39, 0.29) is 5.91 Å². The molecular formula is C15H20N4O. The molecule has 0 atom stereocenters. The Morgan fingerprint density at radius 1 is 1.30 bits per heavy atom. The zero-order valence-corrected chi connectivity index (χ0v) is 11.9. The zero-order chi connectivity index (χ0) is 14.4. The highest BCUT2D eigenvalue weighted by atomic mass is 16.2. The fraction of sp³-hybridized carbons (Fsp3) is 0.333. The number of benzene rings is 1. The Kier molecular flexibility index (Phi) is 4.90. The summed E-state index contributed by atoms with van der Waals surface area (Å²) in [6.45, 7) is 3.61. The zero-order valence-electron chi connectivity index (χ0n) is 11.9. The smallest absolute Gasteiger partial charge is 0.236 e. The van der Waals surface area contributed by atoms with Gasteiger partial charge in [0.1, 0.15) is 0 Å². The molecule has 1 aromatic heterocycles. The van der Waals surface area contributed by atoms with Gasteiger partial charge in [-0.2, -0.15) is 5.10 Å². The number of aromatic nitrogens is 2. The third-order valence-electron chi connectivity index (χ3n) is 3.15. The van der Waals surface area contributed by atoms with E-state index >= 15 is 0 Å². The standard InChI is InChI=1S/C15H20N4O/c1-3-18(2)15(20)12-16-11-13-9-10-19(17-13)14-7-5-4-6-8-14/h4-10,16H,3,11-12H2,1-2H3. The van der Waals surface area contributed by atoms with E-state index in [0.717, 1.165) is 17.9 Å². The number of carbonyl (C=O) groups excluding carboxylic acids is 1. The second kappa shape index (κ2) is 6.86. The van der Waals surface area contributed by atoms with Crippen LogP contribution in [0.25, 0.3) is 5.69 Å². The molecule has 1 heterocycles. The molecule has 1 amide bonds. The van der Waals surface area contributed by atoms with E-state index in [1.54, 1.807) is 11.9 Å². The molecule has 0 saturated heterocycles. The SMILES string of the molecule is CCN(C)C(=O)CNCc1ccn(-c2ccccc2)n1. The molecule has 1 aromatic carbocycles. The topological polar surface area (TPSA) is 50.2 Å². The van der Waals surface area contributed by atoms with Crippen molar-refractivity contribution in [2.24, 2.45) is 0 Å². The summed E-state index contributed by atoms with van der Waals surface area (Å²) in [5.74, 6) is 0.0926. The number of carbonyl (C=O) groups is 1. The van der Waals surface area contributed by atoms with Gasteiger partial charge in [0.2, 0.25) is 5.91 Å². The van der Waals surface area contributed by atoms with Gasteiger partial charge in [-0.25, -0.2) is 4.68 Å². The van der Waals surface area contributed by atoms with Gasteiger partial charge in [0, 0.05) is 26.3 Å². The highest BCUT2D eigenvalue weighted by Gasteiger charge is 2.06. The highest BCUT2D eigenvalue weighted by Crippen LogP contribution is 2.06. The third kappa shape index (κ3) is 3.68. The summed E-state index contributed by atoms with van der Waals surface area (Å²) in [7, 11) is 1.80. The van der Waals surface area contributed by atoms with Crippen LogP contribution in [0, 0.1) is 0 Å². The quantitative estimate of drug-likeness (QED) is 0.865. The maximum absolute atomic E-state index is 11.6. The first kappa shape index (κ1) is 14.3. The first-order valence-electron chi connectivity index (χ1n) is 6.75. The molecule has 0 aliphatic heterocycles. The van der Waals surface area contributed by atoms with Crippen LogP contribution in [0.1, 0.15) is 12.6 Å². The Balaban J connectivity index is 1.86. The van der Waals surface area contributed by atoms with Gasteiger partial charge in [0.15, 0.2) is 0 Å². The fourth-order valence-electron chi connectivity index (χ4n) is 1.79. The van der Waals surface area contributed by atoms with E-state index in [4.69, 9.17) is 0 Å². The molecule has 20 heavy (non-hydrogen) atoms. The van der Waals surface area contributed by atoms with Gasteiger partial charge < -0.3 is 10.2 Å². The molecule has 0 fully saturated rings. The summed E-state index contributed by atoms with van der Waals surface area (Å²) in [5, 5.41) is 7.59. The van der Waals surface area contributed by atoms with Gasteiger partial charge >= 0.3 is 0 Å². The molecule has 106 valence electrons. The second-order valence-corrected chi connectivity index (χ2v) is 4.60. The van der Waals surface area contributed by atoms with Crippen molar-refractivity contribution in [3.63, 3.8) is 0 Å². The van der Waals surface area contributed by atoms with Crippen molar-refractivity contribution in [3.8, 4) is 5.69 Å². The molecule has 2 rings (SSSR count). The second-order valence-electron chi connectivity index (χ2n) is 4.60. The first-order chi connectivity index (χ1) is 9.70. The van der Waals surface area contributed by atoms with Crippen LogP contribution in [0.15, 0.2) is 42.6 Å². The maximum Gasteiger partial charge on any atom is 0.236 e. The Morgan fingerprint density at radius 3 is 2.75 bits per heavy atom. The number of para-hydroxylation sites is 1. The molecule has 2 aromatic rings. The van der Waals surface area contributed by atoms with Crippen LogP contribution in [0.4, 0.5) is 0 Å². The number of rotatable bonds is 6. The van der Waals surface area contributed by atoms with Crippen molar-refractivity contribution in [1.29, 1.82) is 0 Å². The van der Waals surface area contributed by atoms with Crippen molar-refractivity contribution in [2.45, 2.75) is 13.5 Å². The highest BCUT2D eigenvalue weighted by molar-refractivity contribution is 5.77. The number of nitrogens with one attached hydrogen (secondary N) is 1. The van der Waals surface area contributed by atoms with E-state index in [0.29, 0.717) is 13.1 Å². The van der Waals surface area contributed by atoms with E-state index in [9.17, 15) is 4.79 Å². The van der Waals surface area contributed by atoms with Crippen LogP contribution in [-0.4, -0.2) is 40.7 Å². The molecule has 0 unspecified atom stereocenters. The Morgan fingerprint density at radius 2 is 2.05 bits per heavy atom. The Hall–Kier alpha value is -2.14. The summed E-state index contributed by atoms with van der Waals surface area (Å²) in [4.78, 5) is 13.3. The molecule has 0 bridgehead atoms. The molecular weight excluding hydrogens is 252 g/mol. The average Bonchev–Trinajstić information content (AvgIpc) is 2.96. The van der Waals surface area contributed by atoms with Crippen LogP contribution in [0.5, 0.6) is 0 Å². The summed E-state index contributed by atoms with van der Waals surface area (Å²) in [6, 6.07) is 11.9. The van der Waals surface area contributed by atoms with Crippen molar-refractivity contribution < 1.29 is 4.79 Å². The molecule has 5 nitrogen and oxygen atoms in total. The van der Waals surface area contributed by atoms with Gasteiger partial charge in [0.25, 0.3) is 0 Å². The van der Waals surface area contributed by atoms with Crippen molar-refractivity contribution >= 4 is 5.91 Å². The summed E-state index contributed by atoms with van der Waals surface area (Å²) in [5.41, 5.74) is 1.95. The van der Waals surface area contributed by atoms with Gasteiger partial charge in [-0.15, -0.1) is 0 Å². The Bertz CT molecular complexity index is 550. The minimum Gasteiger partial charge on any atom is -0.345 e. The summed E-state index contributed by atoms with van der Waals surface area (Å²) < 4.78 is 1.83. The van der Waals surface area contributed by atoms with E-state index in [2.05, 4.69) is 10.4 Å². The number of hydrogen-bond acceptors (Lipinski definition) is 3. The molecule has 0 saturated carbocycles. The van der Waals surface area contributed by atoms with Crippen LogP contribution in [-0.2, 0) is 11.3 Å². The molecule has 0 aliphatic carbocycles. The minimum absolute atomic E-state index is 0.0926. The normalized spacial score (nSPS) is 10.5. The Labute approximate surface area is 119 Å². The van der Waals surface area contributed by atoms with Crippen molar-refractivity contribution in [3.05, 3.63) is 48.3 Å². The van der Waals surface area contributed by atoms with Gasteiger partial charge in [0.05, 0.1) is 17.9 Å². The van der Waals surface area contributed by atoms with Crippen molar-refractivity contribution in [2.75, 3.05) is 20.1 Å². The largest absolute Gasteiger partial charge is 0.345 e. The number of nitrogens with zero attached hydrogens (tertiary/aromatic N) is 3. The third-order valence-corrected chi connectivity index (χ3v) is 3.15. The van der Waals surface area contributed by atoms with Crippen LogP contribution < -0.4 is 5.32 Å². The number of amides is 1.